The van der Waals surface area contributed by atoms with Crippen LogP contribution in [-0.2, 0) is 9.53 Å². The van der Waals surface area contributed by atoms with E-state index >= 15 is 0 Å². The number of amides is 1. The first-order valence-electron chi connectivity index (χ1n) is 7.59. The summed E-state index contributed by atoms with van der Waals surface area (Å²) in [5, 5.41) is 7.25. The molecule has 3 rings (SSSR count). The molecule has 0 saturated carbocycles. The quantitative estimate of drug-likeness (QED) is 0.940. The highest BCUT2D eigenvalue weighted by atomic mass is 16.5. The minimum absolute atomic E-state index is 0.0303. The van der Waals surface area contributed by atoms with E-state index in [1.54, 1.807) is 29.3 Å². The summed E-state index contributed by atoms with van der Waals surface area (Å²) < 4.78 is 7.07. The number of rotatable bonds is 4. The van der Waals surface area contributed by atoms with Gasteiger partial charge in [0.15, 0.2) is 0 Å². The van der Waals surface area contributed by atoms with Gasteiger partial charge in [-0.2, -0.15) is 5.10 Å². The van der Waals surface area contributed by atoms with Crippen molar-refractivity contribution in [2.24, 2.45) is 11.8 Å². The molecule has 0 bridgehead atoms. The third-order valence-corrected chi connectivity index (χ3v) is 4.19. The monoisotopic (exact) mass is 300 g/mol. The molecule has 1 saturated heterocycles. The highest BCUT2D eigenvalue weighted by Gasteiger charge is 2.26. The molecule has 22 heavy (non-hydrogen) atoms. The molecular formula is C16H20N4O2. The van der Waals surface area contributed by atoms with Gasteiger partial charge in [0, 0.05) is 37.6 Å². The summed E-state index contributed by atoms with van der Waals surface area (Å²) in [5.41, 5.74) is 0.869. The largest absolute Gasteiger partial charge is 0.381 e. The van der Waals surface area contributed by atoms with Gasteiger partial charge in [-0.25, -0.2) is 4.68 Å². The SMILES string of the molecule is CC(C(=O)Nc1ccnn1-c1ccncc1)C1CCOCC1. The van der Waals surface area contributed by atoms with Crippen molar-refractivity contribution in [1.29, 1.82) is 0 Å². The van der Waals surface area contributed by atoms with E-state index in [-0.39, 0.29) is 11.8 Å². The van der Waals surface area contributed by atoms with Crippen LogP contribution in [0.3, 0.4) is 0 Å². The van der Waals surface area contributed by atoms with E-state index in [4.69, 9.17) is 4.74 Å². The number of nitrogens with one attached hydrogen (secondary N) is 1. The Hall–Kier alpha value is -2.21. The van der Waals surface area contributed by atoms with Crippen LogP contribution in [0.4, 0.5) is 5.82 Å². The average molecular weight is 300 g/mol. The Kier molecular flexibility index (Phi) is 4.48. The van der Waals surface area contributed by atoms with Crippen LogP contribution in [0.1, 0.15) is 19.8 Å². The lowest BCUT2D eigenvalue weighted by atomic mass is 9.87. The third-order valence-electron chi connectivity index (χ3n) is 4.19. The summed E-state index contributed by atoms with van der Waals surface area (Å²) in [5.74, 6) is 1.05. The Labute approximate surface area is 129 Å². The van der Waals surface area contributed by atoms with E-state index in [9.17, 15) is 4.79 Å². The van der Waals surface area contributed by atoms with Gasteiger partial charge in [0.05, 0.1) is 11.9 Å². The second-order valence-electron chi connectivity index (χ2n) is 5.56. The fourth-order valence-electron chi connectivity index (χ4n) is 2.76. The first-order chi connectivity index (χ1) is 10.8. The number of ether oxygens (including phenoxy) is 1. The van der Waals surface area contributed by atoms with Crippen LogP contribution in [0.5, 0.6) is 0 Å². The van der Waals surface area contributed by atoms with E-state index < -0.39 is 0 Å². The molecule has 1 aliphatic heterocycles. The van der Waals surface area contributed by atoms with Gasteiger partial charge >= 0.3 is 0 Å². The lowest BCUT2D eigenvalue weighted by Gasteiger charge is -2.26. The lowest BCUT2D eigenvalue weighted by molar-refractivity contribution is -0.122. The van der Waals surface area contributed by atoms with Crippen LogP contribution in [0.2, 0.25) is 0 Å². The molecule has 0 spiro atoms. The minimum Gasteiger partial charge on any atom is -0.381 e. The maximum Gasteiger partial charge on any atom is 0.228 e. The molecule has 1 N–H and O–H groups in total. The smallest absolute Gasteiger partial charge is 0.228 e. The molecule has 1 amide bonds. The van der Waals surface area contributed by atoms with Crippen molar-refractivity contribution in [2.45, 2.75) is 19.8 Å². The molecule has 2 aromatic rings. The minimum atomic E-state index is -0.0373. The molecule has 1 atom stereocenters. The predicted molar refractivity (Wildman–Crippen MR) is 82.7 cm³/mol. The van der Waals surface area contributed by atoms with Gasteiger partial charge in [-0.1, -0.05) is 6.92 Å². The van der Waals surface area contributed by atoms with Gasteiger partial charge in [-0.15, -0.1) is 0 Å². The van der Waals surface area contributed by atoms with Crippen LogP contribution in [0.25, 0.3) is 5.69 Å². The van der Waals surface area contributed by atoms with Crippen LogP contribution in [0, 0.1) is 11.8 Å². The Balaban J connectivity index is 1.71. The van der Waals surface area contributed by atoms with E-state index in [1.807, 2.05) is 19.1 Å². The van der Waals surface area contributed by atoms with E-state index in [0.29, 0.717) is 11.7 Å². The Morgan fingerprint density at radius 1 is 1.27 bits per heavy atom. The van der Waals surface area contributed by atoms with E-state index in [0.717, 1.165) is 31.7 Å². The molecule has 1 unspecified atom stereocenters. The van der Waals surface area contributed by atoms with Crippen molar-refractivity contribution in [1.82, 2.24) is 14.8 Å². The van der Waals surface area contributed by atoms with Gasteiger partial charge < -0.3 is 10.1 Å². The van der Waals surface area contributed by atoms with Crippen molar-refractivity contribution >= 4 is 11.7 Å². The summed E-state index contributed by atoms with van der Waals surface area (Å²) >= 11 is 0. The zero-order chi connectivity index (χ0) is 15.4. The van der Waals surface area contributed by atoms with E-state index in [1.165, 1.54) is 0 Å². The van der Waals surface area contributed by atoms with Crippen molar-refractivity contribution in [2.75, 3.05) is 18.5 Å². The number of hydrogen-bond donors (Lipinski definition) is 1. The highest BCUT2D eigenvalue weighted by molar-refractivity contribution is 5.92. The van der Waals surface area contributed by atoms with Gasteiger partial charge in [-0.3, -0.25) is 9.78 Å². The second-order valence-corrected chi connectivity index (χ2v) is 5.56. The summed E-state index contributed by atoms with van der Waals surface area (Å²) in [6.07, 6.45) is 6.96. The van der Waals surface area contributed by atoms with Gasteiger partial charge in [0.25, 0.3) is 0 Å². The van der Waals surface area contributed by atoms with Crippen LogP contribution < -0.4 is 5.32 Å². The predicted octanol–water partition coefficient (Wildman–Crippen LogP) is 2.27. The van der Waals surface area contributed by atoms with Gasteiger partial charge in [0.2, 0.25) is 5.91 Å². The van der Waals surface area contributed by atoms with Crippen LogP contribution in [-0.4, -0.2) is 33.9 Å². The van der Waals surface area contributed by atoms with Gasteiger partial charge in [0.1, 0.15) is 5.82 Å². The first-order valence-corrected chi connectivity index (χ1v) is 7.59. The second kappa shape index (κ2) is 6.70. The number of anilines is 1. The molecular weight excluding hydrogens is 280 g/mol. The maximum atomic E-state index is 12.5. The normalized spacial score (nSPS) is 17.1. The van der Waals surface area contributed by atoms with Crippen LogP contribution >= 0.6 is 0 Å². The van der Waals surface area contributed by atoms with Crippen molar-refractivity contribution < 1.29 is 9.53 Å². The van der Waals surface area contributed by atoms with Crippen molar-refractivity contribution in [3.63, 3.8) is 0 Å². The molecule has 6 heteroatoms. The number of aromatic nitrogens is 3. The Bertz CT molecular complexity index is 620. The molecule has 6 nitrogen and oxygen atoms in total. The first kappa shape index (κ1) is 14.7. The molecule has 0 radical (unpaired) electrons. The zero-order valence-electron chi connectivity index (χ0n) is 12.6. The molecule has 3 heterocycles. The molecule has 0 aliphatic carbocycles. The maximum absolute atomic E-state index is 12.5. The Morgan fingerprint density at radius 2 is 2.00 bits per heavy atom. The van der Waals surface area contributed by atoms with Gasteiger partial charge in [-0.05, 0) is 30.9 Å². The number of nitrogens with zero attached hydrogens (tertiary/aromatic N) is 3. The average Bonchev–Trinajstić information content (AvgIpc) is 3.04. The molecule has 2 aromatic heterocycles. The summed E-state index contributed by atoms with van der Waals surface area (Å²) in [6, 6.07) is 5.50. The summed E-state index contributed by atoms with van der Waals surface area (Å²) in [6.45, 7) is 3.48. The molecule has 1 fully saturated rings. The summed E-state index contributed by atoms with van der Waals surface area (Å²) in [7, 11) is 0. The molecule has 116 valence electrons. The number of pyridine rings is 1. The summed E-state index contributed by atoms with van der Waals surface area (Å²) in [4.78, 5) is 16.5. The fraction of sp³-hybridized carbons (Fsp3) is 0.438. The number of carbonyl (C=O) groups is 1. The molecule has 0 aromatic carbocycles. The van der Waals surface area contributed by atoms with Crippen molar-refractivity contribution in [3.8, 4) is 5.69 Å². The molecule has 1 aliphatic rings. The fourth-order valence-corrected chi connectivity index (χ4v) is 2.76. The zero-order valence-corrected chi connectivity index (χ0v) is 12.6. The Morgan fingerprint density at radius 3 is 2.73 bits per heavy atom. The van der Waals surface area contributed by atoms with Crippen molar-refractivity contribution in [3.05, 3.63) is 36.8 Å². The third kappa shape index (κ3) is 3.17. The lowest BCUT2D eigenvalue weighted by Crippen LogP contribution is -2.31. The van der Waals surface area contributed by atoms with E-state index in [2.05, 4.69) is 15.4 Å². The van der Waals surface area contributed by atoms with Crippen LogP contribution in [0.15, 0.2) is 36.8 Å². The number of carbonyl (C=O) groups excluding carboxylic acids is 1. The standard InChI is InChI=1S/C16H20N4O2/c1-12(13-5-10-22-11-6-13)16(21)19-15-4-9-18-20(15)14-2-7-17-8-3-14/h2-4,7-9,12-13H,5-6,10-11H2,1H3,(H,19,21). The number of hydrogen-bond acceptors (Lipinski definition) is 4. The topological polar surface area (TPSA) is 69.0 Å². The highest BCUT2D eigenvalue weighted by Crippen LogP contribution is 2.25.